The zero-order chi connectivity index (χ0) is 15.9. The standard InChI is InChI=1S/C11H12ClN3O5S/c1-5-2-8(5)14-11(16)7-3-6(15(17)18)4-9(10(7)12)21(13,19)20/h3-5,8H,2H2,1H3,(H,14,16)(H2,13,19,20). The van der Waals surface area contributed by atoms with Crippen molar-refractivity contribution < 1.29 is 18.1 Å². The molecule has 8 nitrogen and oxygen atoms in total. The van der Waals surface area contributed by atoms with E-state index in [9.17, 15) is 23.3 Å². The molecule has 3 N–H and O–H groups in total. The minimum absolute atomic E-state index is 0.0363. The highest BCUT2D eigenvalue weighted by atomic mass is 35.5. The molecule has 2 unspecified atom stereocenters. The summed E-state index contributed by atoms with van der Waals surface area (Å²) in [6.07, 6.45) is 0.792. The Bertz CT molecular complexity index is 734. The van der Waals surface area contributed by atoms with E-state index in [0.29, 0.717) is 5.92 Å². The van der Waals surface area contributed by atoms with Gasteiger partial charge in [0.2, 0.25) is 10.0 Å². The Morgan fingerprint density at radius 2 is 2.10 bits per heavy atom. The Morgan fingerprint density at radius 1 is 1.52 bits per heavy atom. The number of non-ortho nitro benzene ring substituents is 1. The van der Waals surface area contributed by atoms with Crippen molar-refractivity contribution in [1.82, 2.24) is 5.32 Å². The molecule has 1 aromatic carbocycles. The van der Waals surface area contributed by atoms with Gasteiger partial charge in [0, 0.05) is 18.2 Å². The highest BCUT2D eigenvalue weighted by Gasteiger charge is 2.35. The van der Waals surface area contributed by atoms with Crippen molar-refractivity contribution in [2.45, 2.75) is 24.3 Å². The number of amides is 1. The van der Waals surface area contributed by atoms with Gasteiger partial charge in [-0.05, 0) is 12.3 Å². The lowest BCUT2D eigenvalue weighted by Gasteiger charge is -2.09. The number of nitrogens with zero attached hydrogens (tertiary/aromatic N) is 1. The van der Waals surface area contributed by atoms with Crippen molar-refractivity contribution in [3.05, 3.63) is 32.8 Å². The molecular weight excluding hydrogens is 322 g/mol. The topological polar surface area (TPSA) is 132 Å². The first-order valence-electron chi connectivity index (χ1n) is 5.93. The predicted molar refractivity (Wildman–Crippen MR) is 74.5 cm³/mol. The van der Waals surface area contributed by atoms with E-state index < -0.39 is 36.5 Å². The van der Waals surface area contributed by atoms with Gasteiger partial charge < -0.3 is 5.32 Å². The Kier molecular flexibility index (Phi) is 3.91. The lowest BCUT2D eigenvalue weighted by Crippen LogP contribution is -2.27. The highest BCUT2D eigenvalue weighted by molar-refractivity contribution is 7.89. The Balaban J connectivity index is 2.51. The minimum Gasteiger partial charge on any atom is -0.349 e. The van der Waals surface area contributed by atoms with Gasteiger partial charge in [0.15, 0.2) is 0 Å². The average Bonchev–Trinajstić information content (AvgIpc) is 3.02. The summed E-state index contributed by atoms with van der Waals surface area (Å²) in [5.74, 6) is -0.355. The third kappa shape index (κ3) is 3.31. The van der Waals surface area contributed by atoms with E-state index in [0.717, 1.165) is 18.6 Å². The minimum atomic E-state index is -4.29. The van der Waals surface area contributed by atoms with E-state index in [2.05, 4.69) is 5.32 Å². The third-order valence-electron chi connectivity index (χ3n) is 3.21. The number of nitro groups is 1. The molecule has 0 spiro atoms. The van der Waals surface area contributed by atoms with E-state index in [1.165, 1.54) is 0 Å². The van der Waals surface area contributed by atoms with E-state index in [-0.39, 0.29) is 11.6 Å². The number of hydrogen-bond acceptors (Lipinski definition) is 5. The van der Waals surface area contributed by atoms with Gasteiger partial charge in [-0.25, -0.2) is 13.6 Å². The predicted octanol–water partition coefficient (Wildman–Crippen LogP) is 1.03. The summed E-state index contributed by atoms with van der Waals surface area (Å²) < 4.78 is 22.9. The summed E-state index contributed by atoms with van der Waals surface area (Å²) in [4.78, 5) is 21.4. The van der Waals surface area contributed by atoms with Gasteiger partial charge in [-0.3, -0.25) is 14.9 Å². The molecule has 0 heterocycles. The molecule has 1 aromatic rings. The number of primary sulfonamides is 1. The molecule has 1 aliphatic carbocycles. The Morgan fingerprint density at radius 3 is 2.52 bits per heavy atom. The monoisotopic (exact) mass is 333 g/mol. The van der Waals surface area contributed by atoms with Crippen molar-refractivity contribution in [2.24, 2.45) is 11.1 Å². The number of halogens is 1. The van der Waals surface area contributed by atoms with Crippen LogP contribution in [-0.2, 0) is 10.0 Å². The van der Waals surface area contributed by atoms with Gasteiger partial charge in [0.1, 0.15) is 4.90 Å². The van der Waals surface area contributed by atoms with Crippen LogP contribution in [0.5, 0.6) is 0 Å². The maximum atomic E-state index is 12.1. The van der Waals surface area contributed by atoms with Gasteiger partial charge in [0.05, 0.1) is 15.5 Å². The molecule has 2 rings (SSSR count). The fourth-order valence-electron chi connectivity index (χ4n) is 1.83. The largest absolute Gasteiger partial charge is 0.349 e. The smallest absolute Gasteiger partial charge is 0.271 e. The summed E-state index contributed by atoms with van der Waals surface area (Å²) in [7, 11) is -4.29. The summed E-state index contributed by atoms with van der Waals surface area (Å²) >= 11 is 5.86. The quantitative estimate of drug-likeness (QED) is 0.627. The van der Waals surface area contributed by atoms with Crippen LogP contribution < -0.4 is 10.5 Å². The number of carbonyl (C=O) groups excluding carboxylic acids is 1. The number of carbonyl (C=O) groups is 1. The van der Waals surface area contributed by atoms with Crippen LogP contribution in [0.2, 0.25) is 5.02 Å². The number of nitrogens with one attached hydrogen (secondary N) is 1. The number of benzene rings is 1. The van der Waals surface area contributed by atoms with E-state index in [1.54, 1.807) is 0 Å². The Hall–Kier alpha value is -1.71. The van der Waals surface area contributed by atoms with Crippen LogP contribution in [0.25, 0.3) is 0 Å². The molecular formula is C11H12ClN3O5S. The molecule has 0 saturated heterocycles. The first-order chi connectivity index (χ1) is 9.61. The van der Waals surface area contributed by atoms with E-state index in [4.69, 9.17) is 16.7 Å². The zero-order valence-electron chi connectivity index (χ0n) is 10.9. The van der Waals surface area contributed by atoms with Crippen molar-refractivity contribution in [3.8, 4) is 0 Å². The van der Waals surface area contributed by atoms with Crippen molar-refractivity contribution in [1.29, 1.82) is 0 Å². The molecule has 1 saturated carbocycles. The Labute approximate surface area is 125 Å². The SMILES string of the molecule is CC1CC1NC(=O)c1cc([N+](=O)[O-])cc(S(N)(=O)=O)c1Cl. The molecule has 0 aromatic heterocycles. The average molecular weight is 334 g/mol. The first kappa shape index (κ1) is 15.7. The summed E-state index contributed by atoms with van der Waals surface area (Å²) in [6, 6.07) is 1.62. The third-order valence-corrected chi connectivity index (χ3v) is 4.67. The van der Waals surface area contributed by atoms with E-state index in [1.807, 2.05) is 6.92 Å². The maximum absolute atomic E-state index is 12.1. The fraction of sp³-hybridized carbons (Fsp3) is 0.364. The second kappa shape index (κ2) is 5.24. The molecule has 0 aliphatic heterocycles. The summed E-state index contributed by atoms with van der Waals surface area (Å²) in [5.41, 5.74) is -0.855. The summed E-state index contributed by atoms with van der Waals surface area (Å²) in [6.45, 7) is 1.93. The number of sulfonamides is 1. The molecule has 21 heavy (non-hydrogen) atoms. The molecule has 114 valence electrons. The lowest BCUT2D eigenvalue weighted by atomic mass is 10.2. The van der Waals surface area contributed by atoms with Gasteiger partial charge in [-0.15, -0.1) is 0 Å². The van der Waals surface area contributed by atoms with Crippen LogP contribution in [0.4, 0.5) is 5.69 Å². The van der Waals surface area contributed by atoms with Crippen LogP contribution in [0.3, 0.4) is 0 Å². The molecule has 1 aliphatic rings. The van der Waals surface area contributed by atoms with Crippen LogP contribution >= 0.6 is 11.6 Å². The molecule has 0 bridgehead atoms. The van der Waals surface area contributed by atoms with Crippen molar-refractivity contribution >= 4 is 33.2 Å². The van der Waals surface area contributed by atoms with Gasteiger partial charge in [-0.1, -0.05) is 18.5 Å². The second-order valence-electron chi connectivity index (χ2n) is 4.90. The van der Waals surface area contributed by atoms with Gasteiger partial charge in [-0.2, -0.15) is 0 Å². The molecule has 1 amide bonds. The first-order valence-corrected chi connectivity index (χ1v) is 7.85. The molecule has 10 heteroatoms. The number of nitro benzene ring substituents is 1. The van der Waals surface area contributed by atoms with E-state index >= 15 is 0 Å². The lowest BCUT2D eigenvalue weighted by molar-refractivity contribution is -0.385. The van der Waals surface area contributed by atoms with Crippen LogP contribution in [0.1, 0.15) is 23.7 Å². The van der Waals surface area contributed by atoms with Crippen molar-refractivity contribution in [2.75, 3.05) is 0 Å². The van der Waals surface area contributed by atoms with Gasteiger partial charge in [0.25, 0.3) is 11.6 Å². The molecule has 2 atom stereocenters. The maximum Gasteiger partial charge on any atom is 0.271 e. The van der Waals surface area contributed by atoms with Crippen LogP contribution in [-0.4, -0.2) is 25.3 Å². The van der Waals surface area contributed by atoms with Crippen LogP contribution in [0.15, 0.2) is 17.0 Å². The highest BCUT2D eigenvalue weighted by Crippen LogP contribution is 2.32. The van der Waals surface area contributed by atoms with Gasteiger partial charge >= 0.3 is 0 Å². The number of nitrogens with two attached hydrogens (primary N) is 1. The second-order valence-corrected chi connectivity index (χ2v) is 6.81. The van der Waals surface area contributed by atoms with Crippen molar-refractivity contribution in [3.63, 3.8) is 0 Å². The number of rotatable bonds is 4. The fourth-order valence-corrected chi connectivity index (χ4v) is 2.99. The normalized spacial score (nSPS) is 20.9. The molecule has 0 radical (unpaired) electrons. The zero-order valence-corrected chi connectivity index (χ0v) is 12.4. The number of hydrogen-bond donors (Lipinski definition) is 2. The summed E-state index contributed by atoms with van der Waals surface area (Å²) in [5, 5.41) is 18.0. The molecule has 1 fully saturated rings. The van der Waals surface area contributed by atoms with Crippen LogP contribution in [0, 0.1) is 16.0 Å².